The molecule has 4 aliphatic heterocycles. The van der Waals surface area contributed by atoms with E-state index in [0.717, 1.165) is 61.8 Å². The normalized spacial score (nSPS) is 27.4. The molecular weight excluding hydrogens is 344 g/mol. The Balaban J connectivity index is 1.34. The Morgan fingerprint density at radius 1 is 1.11 bits per heavy atom. The van der Waals surface area contributed by atoms with Crippen molar-refractivity contribution < 1.29 is 19.0 Å². The number of piperidine rings is 1. The lowest BCUT2D eigenvalue weighted by molar-refractivity contribution is -0.138. The minimum atomic E-state index is 0.272. The molecule has 0 radical (unpaired) electrons. The van der Waals surface area contributed by atoms with E-state index in [1.54, 1.807) is 7.11 Å². The average molecular weight is 372 g/mol. The Kier molecular flexibility index (Phi) is 4.38. The summed E-state index contributed by atoms with van der Waals surface area (Å²) in [5.41, 5.74) is 1.13. The molecule has 1 aromatic rings. The Morgan fingerprint density at radius 3 is 2.67 bits per heavy atom. The smallest absolute Gasteiger partial charge is 0.231 e. The molecule has 6 nitrogen and oxygen atoms in total. The molecule has 2 bridgehead atoms. The number of nitrogens with zero attached hydrogens (tertiary/aromatic N) is 2. The van der Waals surface area contributed by atoms with Gasteiger partial charge in [-0.1, -0.05) is 6.42 Å². The van der Waals surface area contributed by atoms with Gasteiger partial charge in [0, 0.05) is 49.8 Å². The molecule has 4 heterocycles. The van der Waals surface area contributed by atoms with Crippen molar-refractivity contribution in [3.8, 4) is 17.2 Å². The number of fused-ring (bicyclic) bond motifs is 5. The number of ether oxygens (including phenoxy) is 3. The Hall–Kier alpha value is -1.95. The van der Waals surface area contributed by atoms with Gasteiger partial charge in [0.05, 0.1) is 7.11 Å². The van der Waals surface area contributed by atoms with Crippen molar-refractivity contribution in [3.63, 3.8) is 0 Å². The minimum absolute atomic E-state index is 0.272. The largest absolute Gasteiger partial charge is 0.496 e. The van der Waals surface area contributed by atoms with E-state index in [1.807, 2.05) is 6.07 Å². The fraction of sp³-hybridized carbons (Fsp3) is 0.667. The molecule has 27 heavy (non-hydrogen) atoms. The van der Waals surface area contributed by atoms with Crippen molar-refractivity contribution in [2.75, 3.05) is 33.5 Å². The number of carbonyl (C=O) groups excluding carboxylic acids is 1. The van der Waals surface area contributed by atoms with Gasteiger partial charge in [-0.05, 0) is 37.7 Å². The standard InChI is InChI=1S/C21H28N2O4/c1-25-18-8-20-19(26-13-27-20)7-16(18)11-22-9-14-5-6-17(22)12-23(10-14)21(24)15-3-2-4-15/h7-8,14-15,17H,2-6,9-13H2,1H3/t14-,17-/m1/s1. The van der Waals surface area contributed by atoms with E-state index in [1.165, 1.54) is 19.3 Å². The zero-order valence-corrected chi connectivity index (χ0v) is 16.0. The molecular formula is C21H28N2O4. The van der Waals surface area contributed by atoms with E-state index in [2.05, 4.69) is 15.9 Å². The van der Waals surface area contributed by atoms with Crippen LogP contribution >= 0.6 is 0 Å². The number of methoxy groups -OCH3 is 1. The van der Waals surface area contributed by atoms with E-state index in [0.29, 0.717) is 23.8 Å². The molecule has 0 spiro atoms. The zero-order chi connectivity index (χ0) is 18.4. The maximum absolute atomic E-state index is 12.8. The van der Waals surface area contributed by atoms with Crippen LogP contribution in [0.5, 0.6) is 17.2 Å². The van der Waals surface area contributed by atoms with Crippen LogP contribution in [0.4, 0.5) is 0 Å². The quantitative estimate of drug-likeness (QED) is 0.813. The molecule has 2 atom stereocenters. The van der Waals surface area contributed by atoms with Gasteiger partial charge in [-0.2, -0.15) is 0 Å². The molecule has 3 saturated heterocycles. The summed E-state index contributed by atoms with van der Waals surface area (Å²) in [5.74, 6) is 3.68. The fourth-order valence-corrected chi connectivity index (χ4v) is 4.96. The summed E-state index contributed by atoms with van der Waals surface area (Å²) in [5, 5.41) is 0. The highest BCUT2D eigenvalue weighted by Gasteiger charge is 2.39. The lowest BCUT2D eigenvalue weighted by Gasteiger charge is -2.36. The molecule has 1 aromatic carbocycles. The highest BCUT2D eigenvalue weighted by Crippen LogP contribution is 2.40. The van der Waals surface area contributed by atoms with Crippen LogP contribution in [0.2, 0.25) is 0 Å². The Labute approximate surface area is 160 Å². The number of rotatable bonds is 4. The molecule has 146 valence electrons. The van der Waals surface area contributed by atoms with Crippen LogP contribution in [0.15, 0.2) is 12.1 Å². The first-order chi connectivity index (χ1) is 13.2. The Morgan fingerprint density at radius 2 is 1.93 bits per heavy atom. The van der Waals surface area contributed by atoms with Crippen molar-refractivity contribution in [1.82, 2.24) is 9.80 Å². The summed E-state index contributed by atoms with van der Waals surface area (Å²) < 4.78 is 16.6. The molecule has 6 rings (SSSR count). The molecule has 5 aliphatic rings. The topological polar surface area (TPSA) is 51.2 Å². The van der Waals surface area contributed by atoms with Crippen LogP contribution in [0, 0.1) is 11.8 Å². The predicted octanol–water partition coefficient (Wildman–Crippen LogP) is 2.65. The minimum Gasteiger partial charge on any atom is -0.496 e. The second-order valence-electron chi connectivity index (χ2n) is 8.42. The van der Waals surface area contributed by atoms with Crippen molar-refractivity contribution in [2.45, 2.75) is 44.7 Å². The van der Waals surface area contributed by atoms with Crippen LogP contribution < -0.4 is 14.2 Å². The predicted molar refractivity (Wildman–Crippen MR) is 100.0 cm³/mol. The maximum atomic E-state index is 12.8. The van der Waals surface area contributed by atoms with Gasteiger partial charge in [0.2, 0.25) is 12.7 Å². The third-order valence-electron chi connectivity index (χ3n) is 6.74. The number of amides is 1. The van der Waals surface area contributed by atoms with E-state index in [4.69, 9.17) is 14.2 Å². The molecule has 1 amide bonds. The van der Waals surface area contributed by atoms with Crippen molar-refractivity contribution in [1.29, 1.82) is 0 Å². The molecule has 4 fully saturated rings. The molecule has 0 unspecified atom stereocenters. The summed E-state index contributed by atoms with van der Waals surface area (Å²) in [4.78, 5) is 17.5. The summed E-state index contributed by atoms with van der Waals surface area (Å²) >= 11 is 0. The van der Waals surface area contributed by atoms with Gasteiger partial charge in [-0.15, -0.1) is 0 Å². The van der Waals surface area contributed by atoms with E-state index >= 15 is 0 Å². The van der Waals surface area contributed by atoms with Gasteiger partial charge in [-0.3, -0.25) is 9.69 Å². The Bertz CT molecular complexity index is 733. The fourth-order valence-electron chi connectivity index (χ4n) is 4.96. The third-order valence-corrected chi connectivity index (χ3v) is 6.74. The summed E-state index contributed by atoms with van der Waals surface area (Å²) in [6.45, 7) is 3.96. The first-order valence-corrected chi connectivity index (χ1v) is 10.2. The van der Waals surface area contributed by atoms with E-state index < -0.39 is 0 Å². The molecule has 0 N–H and O–H groups in total. The SMILES string of the molecule is COc1cc2c(cc1CN1C[C@H]3CC[C@@H]1CN(C(=O)C1CCC1)C3)OCO2. The molecule has 6 heteroatoms. The maximum Gasteiger partial charge on any atom is 0.231 e. The van der Waals surface area contributed by atoms with E-state index in [9.17, 15) is 4.79 Å². The van der Waals surface area contributed by atoms with Crippen molar-refractivity contribution in [3.05, 3.63) is 17.7 Å². The molecule has 0 aromatic heterocycles. The van der Waals surface area contributed by atoms with Gasteiger partial charge in [0.25, 0.3) is 0 Å². The van der Waals surface area contributed by atoms with Gasteiger partial charge in [0.1, 0.15) is 5.75 Å². The van der Waals surface area contributed by atoms with Crippen LogP contribution in [-0.4, -0.2) is 55.3 Å². The van der Waals surface area contributed by atoms with Crippen LogP contribution in [-0.2, 0) is 11.3 Å². The second-order valence-corrected chi connectivity index (χ2v) is 8.42. The van der Waals surface area contributed by atoms with Gasteiger partial charge in [0.15, 0.2) is 11.5 Å². The highest BCUT2D eigenvalue weighted by molar-refractivity contribution is 5.79. The lowest BCUT2D eigenvalue weighted by atomic mass is 9.84. The number of benzene rings is 1. The first-order valence-electron chi connectivity index (χ1n) is 10.2. The third kappa shape index (κ3) is 3.14. The number of hydrogen-bond acceptors (Lipinski definition) is 5. The van der Waals surface area contributed by atoms with Crippen LogP contribution in [0.1, 0.15) is 37.7 Å². The molecule has 1 saturated carbocycles. The summed E-state index contributed by atoms with van der Waals surface area (Å²) in [7, 11) is 1.70. The van der Waals surface area contributed by atoms with Gasteiger partial charge >= 0.3 is 0 Å². The second kappa shape index (κ2) is 6.89. The lowest BCUT2D eigenvalue weighted by Crippen LogP contribution is -2.45. The van der Waals surface area contributed by atoms with Gasteiger partial charge < -0.3 is 19.1 Å². The van der Waals surface area contributed by atoms with Crippen molar-refractivity contribution >= 4 is 5.91 Å². The average Bonchev–Trinajstić information content (AvgIpc) is 2.88. The zero-order valence-electron chi connectivity index (χ0n) is 16.0. The monoisotopic (exact) mass is 372 g/mol. The summed E-state index contributed by atoms with van der Waals surface area (Å²) in [6.07, 6.45) is 5.79. The number of hydrogen-bond donors (Lipinski definition) is 0. The highest BCUT2D eigenvalue weighted by atomic mass is 16.7. The summed E-state index contributed by atoms with van der Waals surface area (Å²) in [6, 6.07) is 4.42. The van der Waals surface area contributed by atoms with Crippen molar-refractivity contribution in [2.24, 2.45) is 11.8 Å². The first kappa shape index (κ1) is 17.2. The van der Waals surface area contributed by atoms with Crippen LogP contribution in [0.25, 0.3) is 0 Å². The number of carbonyl (C=O) groups is 1. The van der Waals surface area contributed by atoms with Crippen LogP contribution in [0.3, 0.4) is 0 Å². The molecule has 1 aliphatic carbocycles. The van der Waals surface area contributed by atoms with Gasteiger partial charge in [-0.25, -0.2) is 0 Å². The van der Waals surface area contributed by atoms with E-state index in [-0.39, 0.29) is 6.79 Å².